The summed E-state index contributed by atoms with van der Waals surface area (Å²) in [6.07, 6.45) is -4.48. The van der Waals surface area contributed by atoms with Crippen molar-refractivity contribution < 1.29 is 27.8 Å². The van der Waals surface area contributed by atoms with E-state index in [1.165, 1.54) is 25.3 Å². The second-order valence-electron chi connectivity index (χ2n) is 3.65. The molecule has 0 aliphatic heterocycles. The van der Waals surface area contributed by atoms with Crippen molar-refractivity contribution in [2.24, 2.45) is 0 Å². The van der Waals surface area contributed by atoms with Gasteiger partial charge in [0.2, 0.25) is 0 Å². The van der Waals surface area contributed by atoms with E-state index < -0.39 is 24.7 Å². The summed E-state index contributed by atoms with van der Waals surface area (Å²) in [4.78, 5) is 11.0. The maximum atomic E-state index is 12.1. The number of benzene rings is 1. The predicted molar refractivity (Wildman–Crippen MR) is 65.1 cm³/mol. The van der Waals surface area contributed by atoms with Gasteiger partial charge in [0, 0.05) is 4.47 Å². The fraction of sp³-hybridized carbons (Fsp3) is 0.364. The first-order valence-electron chi connectivity index (χ1n) is 5.11. The maximum Gasteiger partial charge on any atom is 0.401 e. The largest absolute Gasteiger partial charge is 0.497 e. The molecule has 0 aliphatic rings. The Kier molecular flexibility index (Phi) is 5.19. The topological polar surface area (TPSA) is 58.6 Å². The van der Waals surface area contributed by atoms with Gasteiger partial charge >= 0.3 is 12.1 Å². The second kappa shape index (κ2) is 6.25. The predicted octanol–water partition coefficient (Wildman–Crippen LogP) is 2.74. The van der Waals surface area contributed by atoms with Gasteiger partial charge in [0.25, 0.3) is 0 Å². The van der Waals surface area contributed by atoms with Crippen LogP contribution in [-0.2, 0) is 4.79 Å². The third-order valence-corrected chi connectivity index (χ3v) is 2.96. The Morgan fingerprint density at radius 2 is 2.16 bits per heavy atom. The first-order valence-corrected chi connectivity index (χ1v) is 5.90. The Hall–Kier alpha value is -1.28. The molecule has 1 aromatic rings. The lowest BCUT2D eigenvalue weighted by molar-refractivity contribution is -0.143. The summed E-state index contributed by atoms with van der Waals surface area (Å²) in [6.45, 7) is -1.39. The number of carbonyl (C=O) groups is 1. The second-order valence-corrected chi connectivity index (χ2v) is 4.51. The highest BCUT2D eigenvalue weighted by Crippen LogP contribution is 2.28. The highest BCUT2D eigenvalue weighted by atomic mass is 79.9. The van der Waals surface area contributed by atoms with Crippen LogP contribution in [0.4, 0.5) is 13.2 Å². The summed E-state index contributed by atoms with van der Waals surface area (Å²) >= 11 is 3.11. The number of nitrogens with one attached hydrogen (secondary N) is 1. The van der Waals surface area contributed by atoms with E-state index in [0.29, 0.717) is 10.2 Å². The number of methoxy groups -OCH3 is 1. The van der Waals surface area contributed by atoms with Crippen LogP contribution in [0.1, 0.15) is 11.6 Å². The highest BCUT2D eigenvalue weighted by Gasteiger charge is 2.31. The van der Waals surface area contributed by atoms with Crippen LogP contribution in [0.2, 0.25) is 0 Å². The molecular weight excluding hydrogens is 331 g/mol. The molecule has 106 valence electrons. The number of halogens is 4. The van der Waals surface area contributed by atoms with Crippen LogP contribution in [0, 0.1) is 0 Å². The third-order valence-electron chi connectivity index (χ3n) is 2.27. The van der Waals surface area contributed by atoms with E-state index in [-0.39, 0.29) is 5.56 Å². The monoisotopic (exact) mass is 341 g/mol. The van der Waals surface area contributed by atoms with Gasteiger partial charge in [0.1, 0.15) is 11.8 Å². The van der Waals surface area contributed by atoms with Gasteiger partial charge in [-0.05, 0) is 17.7 Å². The Morgan fingerprint density at radius 1 is 1.53 bits per heavy atom. The molecular formula is C11H11BrF3NO3. The van der Waals surface area contributed by atoms with Crippen LogP contribution in [0.3, 0.4) is 0 Å². The Balaban J connectivity index is 2.96. The normalized spacial score (nSPS) is 13.1. The molecule has 0 spiro atoms. The summed E-state index contributed by atoms with van der Waals surface area (Å²) in [6, 6.07) is 2.90. The van der Waals surface area contributed by atoms with Crippen molar-refractivity contribution in [3.8, 4) is 5.75 Å². The number of rotatable bonds is 5. The number of alkyl halides is 3. The fourth-order valence-electron chi connectivity index (χ4n) is 1.42. The summed E-state index contributed by atoms with van der Waals surface area (Å²) < 4.78 is 41.7. The first kappa shape index (κ1) is 15.8. The van der Waals surface area contributed by atoms with Gasteiger partial charge < -0.3 is 9.84 Å². The van der Waals surface area contributed by atoms with E-state index >= 15 is 0 Å². The molecule has 0 aliphatic carbocycles. The van der Waals surface area contributed by atoms with Gasteiger partial charge in [-0.2, -0.15) is 13.2 Å². The molecule has 19 heavy (non-hydrogen) atoms. The molecule has 0 radical (unpaired) electrons. The Bertz CT molecular complexity index is 465. The van der Waals surface area contributed by atoms with Crippen LogP contribution < -0.4 is 10.1 Å². The van der Waals surface area contributed by atoms with E-state index in [0.717, 1.165) is 0 Å². The van der Waals surface area contributed by atoms with Crippen molar-refractivity contribution >= 4 is 21.9 Å². The minimum Gasteiger partial charge on any atom is -0.497 e. The fourth-order valence-corrected chi connectivity index (χ4v) is 2.00. The Morgan fingerprint density at radius 3 is 2.58 bits per heavy atom. The third kappa shape index (κ3) is 4.71. The van der Waals surface area contributed by atoms with E-state index in [9.17, 15) is 18.0 Å². The number of hydrogen-bond acceptors (Lipinski definition) is 3. The lowest BCUT2D eigenvalue weighted by Crippen LogP contribution is -2.36. The van der Waals surface area contributed by atoms with Crippen LogP contribution in [0.25, 0.3) is 0 Å². The minimum atomic E-state index is -4.48. The average molecular weight is 342 g/mol. The lowest BCUT2D eigenvalue weighted by Gasteiger charge is -2.18. The average Bonchev–Trinajstić information content (AvgIpc) is 2.29. The minimum absolute atomic E-state index is 0.192. The molecule has 0 heterocycles. The van der Waals surface area contributed by atoms with Gasteiger partial charge in [-0.1, -0.05) is 22.0 Å². The summed E-state index contributed by atoms with van der Waals surface area (Å²) in [5, 5.41) is 11.0. The van der Waals surface area contributed by atoms with Crippen molar-refractivity contribution in [1.82, 2.24) is 5.32 Å². The SMILES string of the molecule is COc1ccc(C(NCC(F)(F)F)C(=O)O)c(Br)c1. The standard InChI is InChI=1S/C11H11BrF3NO3/c1-19-6-2-3-7(8(12)4-6)9(10(17)18)16-5-11(13,14)15/h2-4,9,16H,5H2,1H3,(H,17,18). The number of hydrogen-bond donors (Lipinski definition) is 2. The van der Waals surface area contributed by atoms with E-state index in [2.05, 4.69) is 15.9 Å². The van der Waals surface area contributed by atoms with E-state index in [4.69, 9.17) is 9.84 Å². The molecule has 0 aromatic heterocycles. The van der Waals surface area contributed by atoms with Crippen molar-refractivity contribution in [3.05, 3.63) is 28.2 Å². The van der Waals surface area contributed by atoms with Crippen LogP contribution in [-0.4, -0.2) is 30.9 Å². The smallest absolute Gasteiger partial charge is 0.401 e. The van der Waals surface area contributed by atoms with Crippen LogP contribution in [0.15, 0.2) is 22.7 Å². The van der Waals surface area contributed by atoms with Gasteiger partial charge in [-0.25, -0.2) is 0 Å². The summed E-state index contributed by atoms with van der Waals surface area (Å²) in [5.74, 6) is -0.925. The molecule has 0 saturated heterocycles. The van der Waals surface area contributed by atoms with Gasteiger partial charge in [0.05, 0.1) is 13.7 Å². The summed E-state index contributed by atoms with van der Waals surface area (Å²) in [5.41, 5.74) is 0.192. The van der Waals surface area contributed by atoms with Crippen molar-refractivity contribution in [1.29, 1.82) is 0 Å². The molecule has 1 unspecified atom stereocenters. The van der Waals surface area contributed by atoms with Crippen molar-refractivity contribution in [2.45, 2.75) is 12.2 Å². The number of ether oxygens (including phenoxy) is 1. The molecule has 1 aromatic carbocycles. The van der Waals surface area contributed by atoms with E-state index in [1.54, 1.807) is 0 Å². The Labute approximate surface area is 115 Å². The quantitative estimate of drug-likeness (QED) is 0.864. The maximum absolute atomic E-state index is 12.1. The number of aliphatic carboxylic acids is 1. The zero-order chi connectivity index (χ0) is 14.6. The molecule has 0 amide bonds. The molecule has 1 rings (SSSR count). The van der Waals surface area contributed by atoms with Gasteiger partial charge in [0.15, 0.2) is 0 Å². The molecule has 8 heteroatoms. The van der Waals surface area contributed by atoms with E-state index in [1.807, 2.05) is 5.32 Å². The van der Waals surface area contributed by atoms with Crippen LogP contribution >= 0.6 is 15.9 Å². The van der Waals surface area contributed by atoms with Crippen molar-refractivity contribution in [3.63, 3.8) is 0 Å². The number of carboxylic acids is 1. The first-order chi connectivity index (χ1) is 8.74. The zero-order valence-corrected chi connectivity index (χ0v) is 11.4. The molecule has 0 fully saturated rings. The molecule has 4 nitrogen and oxygen atoms in total. The van der Waals surface area contributed by atoms with Crippen molar-refractivity contribution in [2.75, 3.05) is 13.7 Å². The van der Waals surface area contributed by atoms with Gasteiger partial charge in [-0.3, -0.25) is 10.1 Å². The molecule has 0 bridgehead atoms. The zero-order valence-electron chi connectivity index (χ0n) is 9.79. The summed E-state index contributed by atoms with van der Waals surface area (Å²) in [7, 11) is 1.43. The molecule has 1 atom stereocenters. The molecule has 0 saturated carbocycles. The lowest BCUT2D eigenvalue weighted by atomic mass is 10.1. The highest BCUT2D eigenvalue weighted by molar-refractivity contribution is 9.10. The van der Waals surface area contributed by atoms with Gasteiger partial charge in [-0.15, -0.1) is 0 Å². The van der Waals surface area contributed by atoms with Crippen LogP contribution in [0.5, 0.6) is 5.75 Å². The molecule has 2 N–H and O–H groups in total. The number of carboxylic acid groups (broad SMARTS) is 1.